The Bertz CT molecular complexity index is 896. The Morgan fingerprint density at radius 3 is 2.70 bits per heavy atom. The smallest absolute Gasteiger partial charge is 0.256 e. The van der Waals surface area contributed by atoms with Crippen LogP contribution >= 0.6 is 0 Å². The summed E-state index contributed by atoms with van der Waals surface area (Å²) in [4.78, 5) is 43.1. The molecule has 1 aromatic carbocycles. The highest BCUT2D eigenvalue weighted by atomic mass is 16.2. The first-order chi connectivity index (χ1) is 12.9. The average molecular weight is 366 g/mol. The number of primary amides is 1. The molecule has 0 spiro atoms. The molecule has 1 aliphatic heterocycles. The molecule has 0 saturated heterocycles. The monoisotopic (exact) mass is 366 g/mol. The summed E-state index contributed by atoms with van der Waals surface area (Å²) in [5.41, 5.74) is 7.24. The number of hydrogen-bond donors (Lipinski definition) is 2. The molecular weight excluding hydrogens is 344 g/mol. The lowest BCUT2D eigenvalue weighted by Gasteiger charge is -2.32. The maximum atomic E-state index is 13.3. The molecule has 2 aromatic rings. The van der Waals surface area contributed by atoms with Gasteiger partial charge in [-0.25, -0.2) is 0 Å². The summed E-state index contributed by atoms with van der Waals surface area (Å²) in [6, 6.07) is 8.20. The lowest BCUT2D eigenvalue weighted by molar-refractivity contribution is -0.122. The summed E-state index contributed by atoms with van der Waals surface area (Å²) in [5.74, 6) is -1.28. The number of nitrogens with one attached hydrogen (secondary N) is 1. The zero-order chi connectivity index (χ0) is 19.6. The number of fused-ring (bicyclic) bond motifs is 1. The Morgan fingerprint density at radius 1 is 1.30 bits per heavy atom. The van der Waals surface area contributed by atoms with Crippen molar-refractivity contribution >= 4 is 23.4 Å². The van der Waals surface area contributed by atoms with Gasteiger partial charge < -0.3 is 16.0 Å². The lowest BCUT2D eigenvalue weighted by atomic mass is 9.96. The van der Waals surface area contributed by atoms with Crippen molar-refractivity contribution in [3.05, 3.63) is 59.4 Å². The van der Waals surface area contributed by atoms with Crippen LogP contribution in [0.25, 0.3) is 0 Å². The number of amides is 3. The molecular formula is C20H22N4O3. The molecule has 1 aliphatic rings. The average Bonchev–Trinajstić information content (AvgIpc) is 2.82. The molecule has 0 radical (unpaired) electrons. The molecule has 2 heterocycles. The van der Waals surface area contributed by atoms with Crippen LogP contribution in [0.1, 0.15) is 46.5 Å². The number of para-hydroxylation sites is 1. The quantitative estimate of drug-likeness (QED) is 0.865. The van der Waals surface area contributed by atoms with E-state index in [0.29, 0.717) is 5.69 Å². The van der Waals surface area contributed by atoms with Gasteiger partial charge in [0, 0.05) is 24.6 Å². The molecule has 0 fully saturated rings. The normalized spacial score (nSPS) is 17.5. The molecule has 3 amide bonds. The molecule has 3 rings (SSSR count). The van der Waals surface area contributed by atoms with Gasteiger partial charge in [-0.1, -0.05) is 38.5 Å². The Labute approximate surface area is 157 Å². The van der Waals surface area contributed by atoms with E-state index in [0.717, 1.165) is 12.0 Å². The third-order valence-electron chi connectivity index (χ3n) is 4.93. The first kappa shape index (κ1) is 18.6. The minimum Gasteiger partial charge on any atom is -0.366 e. The van der Waals surface area contributed by atoms with Gasteiger partial charge in [0.15, 0.2) is 0 Å². The Kier molecular flexibility index (Phi) is 5.21. The molecule has 0 saturated carbocycles. The van der Waals surface area contributed by atoms with Crippen molar-refractivity contribution in [2.24, 2.45) is 11.7 Å². The van der Waals surface area contributed by atoms with E-state index in [1.807, 2.05) is 38.1 Å². The molecule has 27 heavy (non-hydrogen) atoms. The van der Waals surface area contributed by atoms with Crippen molar-refractivity contribution in [2.75, 3.05) is 5.32 Å². The van der Waals surface area contributed by atoms with E-state index in [4.69, 9.17) is 5.73 Å². The number of anilines is 1. The summed E-state index contributed by atoms with van der Waals surface area (Å²) in [7, 11) is 0. The molecule has 1 aromatic heterocycles. The Hall–Kier alpha value is -3.22. The number of pyridine rings is 1. The van der Waals surface area contributed by atoms with Crippen LogP contribution in [-0.4, -0.2) is 33.6 Å². The second kappa shape index (κ2) is 7.57. The molecule has 140 valence electrons. The fourth-order valence-corrected chi connectivity index (χ4v) is 3.25. The Morgan fingerprint density at radius 2 is 2.00 bits per heavy atom. The summed E-state index contributed by atoms with van der Waals surface area (Å²) in [6.45, 7) is 4.20. The van der Waals surface area contributed by atoms with E-state index in [2.05, 4.69) is 10.3 Å². The summed E-state index contributed by atoms with van der Waals surface area (Å²) in [5, 5.41) is 2.93. The number of carbonyl (C=O) groups is 3. The van der Waals surface area contributed by atoms with Crippen molar-refractivity contribution in [3.63, 3.8) is 0 Å². The van der Waals surface area contributed by atoms with Gasteiger partial charge in [0.05, 0.1) is 11.1 Å². The third kappa shape index (κ3) is 3.67. The van der Waals surface area contributed by atoms with Crippen LogP contribution in [0.3, 0.4) is 0 Å². The van der Waals surface area contributed by atoms with Crippen LogP contribution in [-0.2, 0) is 11.3 Å². The van der Waals surface area contributed by atoms with Crippen LogP contribution in [0.4, 0.5) is 5.69 Å². The molecule has 7 heteroatoms. The zero-order valence-corrected chi connectivity index (χ0v) is 15.3. The summed E-state index contributed by atoms with van der Waals surface area (Å²) >= 11 is 0. The van der Waals surface area contributed by atoms with Gasteiger partial charge in [0.1, 0.15) is 6.04 Å². The van der Waals surface area contributed by atoms with E-state index in [9.17, 15) is 14.4 Å². The van der Waals surface area contributed by atoms with Crippen molar-refractivity contribution < 1.29 is 14.4 Å². The number of nitrogens with two attached hydrogens (primary N) is 1. The van der Waals surface area contributed by atoms with Gasteiger partial charge in [0.25, 0.3) is 5.91 Å². The van der Waals surface area contributed by atoms with Crippen molar-refractivity contribution in [2.45, 2.75) is 32.9 Å². The van der Waals surface area contributed by atoms with E-state index in [1.165, 1.54) is 18.5 Å². The molecule has 0 unspecified atom stereocenters. The minimum atomic E-state index is -0.658. The van der Waals surface area contributed by atoms with Crippen LogP contribution in [0.5, 0.6) is 0 Å². The maximum Gasteiger partial charge on any atom is 0.256 e. The molecule has 7 nitrogen and oxygen atoms in total. The van der Waals surface area contributed by atoms with Crippen molar-refractivity contribution in [3.8, 4) is 0 Å². The fourth-order valence-electron chi connectivity index (χ4n) is 3.25. The van der Waals surface area contributed by atoms with Crippen LogP contribution < -0.4 is 11.1 Å². The SMILES string of the molecule is CC[C@H](C)[C@H]1C(=O)Nc2ccccc2CN1C(=O)c1cncc(C(N)=O)c1. The number of rotatable bonds is 4. The van der Waals surface area contributed by atoms with Gasteiger partial charge in [-0.3, -0.25) is 19.4 Å². The lowest BCUT2D eigenvalue weighted by Crippen LogP contribution is -2.48. The van der Waals surface area contributed by atoms with Gasteiger partial charge in [-0.2, -0.15) is 0 Å². The van der Waals surface area contributed by atoms with Gasteiger partial charge >= 0.3 is 0 Å². The van der Waals surface area contributed by atoms with Crippen LogP contribution in [0.15, 0.2) is 42.7 Å². The minimum absolute atomic E-state index is 0.0458. The highest BCUT2D eigenvalue weighted by Crippen LogP contribution is 2.28. The maximum absolute atomic E-state index is 13.3. The number of aromatic nitrogens is 1. The highest BCUT2D eigenvalue weighted by Gasteiger charge is 2.37. The first-order valence-corrected chi connectivity index (χ1v) is 8.87. The van der Waals surface area contributed by atoms with Crippen molar-refractivity contribution in [1.29, 1.82) is 0 Å². The van der Waals surface area contributed by atoms with E-state index in [-0.39, 0.29) is 35.4 Å². The molecule has 3 N–H and O–H groups in total. The van der Waals surface area contributed by atoms with Crippen molar-refractivity contribution in [1.82, 2.24) is 9.88 Å². The largest absolute Gasteiger partial charge is 0.366 e. The molecule has 2 atom stereocenters. The van der Waals surface area contributed by atoms with Crippen LogP contribution in [0.2, 0.25) is 0 Å². The predicted molar refractivity (Wildman–Crippen MR) is 101 cm³/mol. The topological polar surface area (TPSA) is 105 Å². The predicted octanol–water partition coefficient (Wildman–Crippen LogP) is 2.19. The van der Waals surface area contributed by atoms with E-state index in [1.54, 1.807) is 4.90 Å². The number of hydrogen-bond acceptors (Lipinski definition) is 4. The second-order valence-corrected chi connectivity index (χ2v) is 6.74. The standard InChI is InChI=1S/C20H22N4O3/c1-3-12(2)17-19(26)23-16-7-5-4-6-13(16)11-24(17)20(27)15-8-14(18(21)25)9-22-10-15/h4-10,12,17H,3,11H2,1-2H3,(H2,21,25)(H,23,26)/t12-,17-/m0/s1. The van der Waals surface area contributed by atoms with E-state index < -0.39 is 11.9 Å². The van der Waals surface area contributed by atoms with Gasteiger partial charge in [0.2, 0.25) is 11.8 Å². The third-order valence-corrected chi connectivity index (χ3v) is 4.93. The molecule has 0 aliphatic carbocycles. The Balaban J connectivity index is 2.05. The first-order valence-electron chi connectivity index (χ1n) is 8.87. The fraction of sp³-hybridized carbons (Fsp3) is 0.300. The van der Waals surface area contributed by atoms with Gasteiger partial charge in [-0.05, 0) is 23.6 Å². The highest BCUT2D eigenvalue weighted by molar-refractivity contribution is 6.03. The molecule has 0 bridgehead atoms. The van der Waals surface area contributed by atoms with Crippen LogP contribution in [0, 0.1) is 5.92 Å². The number of benzene rings is 1. The number of carbonyl (C=O) groups excluding carboxylic acids is 3. The zero-order valence-electron chi connectivity index (χ0n) is 15.3. The summed E-state index contributed by atoms with van der Waals surface area (Å²) < 4.78 is 0. The van der Waals surface area contributed by atoms with E-state index >= 15 is 0 Å². The summed E-state index contributed by atoms with van der Waals surface area (Å²) in [6.07, 6.45) is 3.44. The second-order valence-electron chi connectivity index (χ2n) is 6.74. The number of nitrogens with zero attached hydrogens (tertiary/aromatic N) is 2. The van der Waals surface area contributed by atoms with Gasteiger partial charge in [-0.15, -0.1) is 0 Å².